The maximum atomic E-state index is 13.5. The van der Waals surface area contributed by atoms with Crippen LogP contribution in [0.3, 0.4) is 0 Å². The molecule has 0 aliphatic carbocycles. The zero-order chi connectivity index (χ0) is 12.1. The summed E-state index contributed by atoms with van der Waals surface area (Å²) < 4.78 is 13.5. The van der Waals surface area contributed by atoms with Crippen LogP contribution < -0.4 is 5.32 Å². The van der Waals surface area contributed by atoms with Crippen molar-refractivity contribution in [2.24, 2.45) is 0 Å². The fourth-order valence-electron chi connectivity index (χ4n) is 1.28. The van der Waals surface area contributed by atoms with Gasteiger partial charge in [-0.2, -0.15) is 0 Å². The number of hydrogen-bond donors (Lipinski definition) is 1. The van der Waals surface area contributed by atoms with Crippen LogP contribution in [0.4, 0.5) is 4.39 Å². The first-order chi connectivity index (χ1) is 7.50. The first kappa shape index (κ1) is 13.1. The third kappa shape index (κ3) is 3.91. The van der Waals surface area contributed by atoms with E-state index in [-0.39, 0.29) is 29.8 Å². The van der Waals surface area contributed by atoms with E-state index in [0.717, 1.165) is 0 Å². The minimum Gasteiger partial charge on any atom is -0.308 e. The lowest BCUT2D eigenvalue weighted by molar-refractivity contribution is -0.117. The van der Waals surface area contributed by atoms with E-state index >= 15 is 0 Å². The second-order valence-electron chi connectivity index (χ2n) is 3.96. The van der Waals surface area contributed by atoms with Gasteiger partial charge in [0.1, 0.15) is 5.82 Å². The van der Waals surface area contributed by atoms with E-state index in [2.05, 4.69) is 5.32 Å². The molecule has 0 fully saturated rings. The van der Waals surface area contributed by atoms with Crippen LogP contribution in [0.15, 0.2) is 18.2 Å². The summed E-state index contributed by atoms with van der Waals surface area (Å²) in [5, 5.41) is 3.05. The first-order valence-corrected chi connectivity index (χ1v) is 5.56. The lowest BCUT2D eigenvalue weighted by Crippen LogP contribution is -2.30. The quantitative estimate of drug-likeness (QED) is 0.861. The molecule has 0 saturated heterocycles. The number of nitrogens with one attached hydrogen (secondary N) is 1. The van der Waals surface area contributed by atoms with E-state index in [1.54, 1.807) is 12.1 Å². The smallest absolute Gasteiger partial charge is 0.151 e. The van der Waals surface area contributed by atoms with E-state index in [1.807, 2.05) is 13.8 Å². The largest absolute Gasteiger partial charge is 0.308 e. The molecule has 88 valence electrons. The Morgan fingerprint density at radius 2 is 2.19 bits per heavy atom. The molecule has 0 heterocycles. The second kappa shape index (κ2) is 5.97. The van der Waals surface area contributed by atoms with Gasteiger partial charge in [0.15, 0.2) is 5.78 Å². The van der Waals surface area contributed by atoms with Gasteiger partial charge in [0, 0.05) is 12.5 Å². The van der Waals surface area contributed by atoms with Crippen molar-refractivity contribution in [3.05, 3.63) is 34.6 Å². The highest BCUT2D eigenvalue weighted by atomic mass is 35.5. The van der Waals surface area contributed by atoms with Crippen molar-refractivity contribution >= 4 is 17.4 Å². The van der Waals surface area contributed by atoms with Crippen molar-refractivity contribution in [2.75, 3.05) is 6.54 Å². The summed E-state index contributed by atoms with van der Waals surface area (Å²) in [6.07, 6.45) is 0.0755. The Balaban J connectivity index is 2.59. The average molecular weight is 244 g/mol. The molecule has 0 unspecified atom stereocenters. The summed E-state index contributed by atoms with van der Waals surface area (Å²) in [6.45, 7) is 4.16. The molecule has 0 spiro atoms. The number of Topliss-reactive ketones (excluding diaryl/α,β-unsaturated/α-hetero) is 1. The van der Waals surface area contributed by atoms with Crippen molar-refractivity contribution in [2.45, 2.75) is 26.3 Å². The number of ketones is 1. The first-order valence-electron chi connectivity index (χ1n) is 5.18. The monoisotopic (exact) mass is 243 g/mol. The van der Waals surface area contributed by atoms with E-state index in [9.17, 15) is 9.18 Å². The summed E-state index contributed by atoms with van der Waals surface area (Å²) in [7, 11) is 0. The molecule has 1 N–H and O–H groups in total. The Labute approximate surface area is 99.8 Å². The Hall–Kier alpha value is -0.930. The normalized spacial score (nSPS) is 10.8. The van der Waals surface area contributed by atoms with Gasteiger partial charge in [-0.25, -0.2) is 4.39 Å². The molecule has 16 heavy (non-hydrogen) atoms. The maximum Gasteiger partial charge on any atom is 0.151 e. The van der Waals surface area contributed by atoms with Crippen LogP contribution in [-0.2, 0) is 11.2 Å². The minimum atomic E-state index is -0.498. The molecule has 0 atom stereocenters. The lowest BCUT2D eigenvalue weighted by Gasteiger charge is -2.07. The maximum absolute atomic E-state index is 13.5. The summed E-state index contributed by atoms with van der Waals surface area (Å²) in [5.74, 6) is -0.545. The van der Waals surface area contributed by atoms with Gasteiger partial charge in [-0.15, -0.1) is 0 Å². The predicted molar refractivity (Wildman–Crippen MR) is 63.3 cm³/mol. The molecule has 0 saturated carbocycles. The molecule has 1 rings (SSSR count). The Morgan fingerprint density at radius 3 is 2.81 bits per heavy atom. The van der Waals surface area contributed by atoms with Crippen LogP contribution in [0.1, 0.15) is 19.4 Å². The molecule has 2 nitrogen and oxygen atoms in total. The molecule has 0 amide bonds. The minimum absolute atomic E-state index is 0.0464. The van der Waals surface area contributed by atoms with E-state index < -0.39 is 5.82 Å². The van der Waals surface area contributed by atoms with E-state index in [4.69, 9.17) is 11.6 Å². The van der Waals surface area contributed by atoms with Gasteiger partial charge in [-0.3, -0.25) is 4.79 Å². The van der Waals surface area contributed by atoms with Crippen LogP contribution in [0.25, 0.3) is 0 Å². The van der Waals surface area contributed by atoms with Crippen LogP contribution in [-0.4, -0.2) is 18.4 Å². The molecule has 0 aliphatic heterocycles. The van der Waals surface area contributed by atoms with Gasteiger partial charge in [0.2, 0.25) is 0 Å². The highest BCUT2D eigenvalue weighted by Gasteiger charge is 2.10. The highest BCUT2D eigenvalue weighted by molar-refractivity contribution is 6.30. The van der Waals surface area contributed by atoms with Gasteiger partial charge in [-0.1, -0.05) is 37.6 Å². The van der Waals surface area contributed by atoms with Crippen LogP contribution in [0.5, 0.6) is 0 Å². The van der Waals surface area contributed by atoms with Gasteiger partial charge >= 0.3 is 0 Å². The van der Waals surface area contributed by atoms with Gasteiger partial charge in [0.05, 0.1) is 11.6 Å². The number of benzene rings is 1. The number of carbonyl (C=O) groups excluding carboxylic acids is 1. The predicted octanol–water partition coefficient (Wildman–Crippen LogP) is 2.59. The molecule has 4 heteroatoms. The topological polar surface area (TPSA) is 29.1 Å². The lowest BCUT2D eigenvalue weighted by atomic mass is 10.1. The average Bonchev–Trinajstić information content (AvgIpc) is 2.22. The third-order valence-corrected chi connectivity index (χ3v) is 2.42. The molecular weight excluding hydrogens is 229 g/mol. The molecule has 1 aromatic rings. The Morgan fingerprint density at radius 1 is 1.50 bits per heavy atom. The zero-order valence-corrected chi connectivity index (χ0v) is 10.1. The summed E-state index contributed by atoms with van der Waals surface area (Å²) in [5.41, 5.74) is 0.350. The fraction of sp³-hybridized carbons (Fsp3) is 0.417. The van der Waals surface area contributed by atoms with Crippen LogP contribution in [0.2, 0.25) is 5.02 Å². The SMILES string of the molecule is CC(C)NCC(=O)Cc1cccc(Cl)c1F. The Kier molecular flexibility index (Phi) is 4.90. The number of rotatable bonds is 5. The zero-order valence-electron chi connectivity index (χ0n) is 9.39. The van der Waals surface area contributed by atoms with Crippen molar-refractivity contribution in [3.63, 3.8) is 0 Å². The second-order valence-corrected chi connectivity index (χ2v) is 4.37. The number of hydrogen-bond acceptors (Lipinski definition) is 2. The van der Waals surface area contributed by atoms with Gasteiger partial charge in [-0.05, 0) is 11.6 Å². The molecular formula is C12H15ClFNO. The van der Waals surface area contributed by atoms with E-state index in [0.29, 0.717) is 5.56 Å². The van der Waals surface area contributed by atoms with Crippen molar-refractivity contribution in [1.82, 2.24) is 5.32 Å². The van der Waals surface area contributed by atoms with Crippen LogP contribution in [0, 0.1) is 5.82 Å². The van der Waals surface area contributed by atoms with Crippen molar-refractivity contribution in [1.29, 1.82) is 0 Å². The fourth-order valence-corrected chi connectivity index (χ4v) is 1.47. The molecule has 0 aromatic heterocycles. The van der Waals surface area contributed by atoms with E-state index in [1.165, 1.54) is 6.07 Å². The standard InChI is InChI=1S/C12H15ClFNO/c1-8(2)15-7-10(16)6-9-4-3-5-11(13)12(9)14/h3-5,8,15H,6-7H2,1-2H3. The molecule has 0 radical (unpaired) electrons. The van der Waals surface area contributed by atoms with Crippen molar-refractivity contribution < 1.29 is 9.18 Å². The van der Waals surface area contributed by atoms with Gasteiger partial charge in [0.25, 0.3) is 0 Å². The molecule has 0 bridgehead atoms. The molecule has 1 aromatic carbocycles. The third-order valence-electron chi connectivity index (χ3n) is 2.13. The summed E-state index contributed by atoms with van der Waals surface area (Å²) in [6, 6.07) is 4.93. The summed E-state index contributed by atoms with van der Waals surface area (Å²) in [4.78, 5) is 11.5. The number of halogens is 2. The number of carbonyl (C=O) groups is 1. The van der Waals surface area contributed by atoms with Gasteiger partial charge < -0.3 is 5.32 Å². The Bertz CT molecular complexity index is 379. The summed E-state index contributed by atoms with van der Waals surface area (Å²) >= 11 is 5.62. The van der Waals surface area contributed by atoms with Crippen LogP contribution >= 0.6 is 11.6 Å². The highest BCUT2D eigenvalue weighted by Crippen LogP contribution is 2.18. The molecule has 0 aliphatic rings. The van der Waals surface area contributed by atoms with Crippen molar-refractivity contribution in [3.8, 4) is 0 Å².